The molecule has 14 heavy (non-hydrogen) atoms. The van der Waals surface area contributed by atoms with Crippen LogP contribution in [-0.2, 0) is 0 Å². The Bertz CT molecular complexity index is 64.5. The first-order valence-electron chi connectivity index (χ1n) is 5.24. The van der Waals surface area contributed by atoms with E-state index in [-0.39, 0.29) is 24.8 Å². The van der Waals surface area contributed by atoms with E-state index in [0.717, 1.165) is 0 Å². The van der Waals surface area contributed by atoms with Gasteiger partial charge in [-0.05, 0) is 27.7 Å². The molecule has 0 spiro atoms. The lowest BCUT2D eigenvalue weighted by atomic mass is 10.6. The zero-order valence-corrected chi connectivity index (χ0v) is 12.1. The second-order valence-electron chi connectivity index (χ2n) is 3.33. The maximum atomic E-state index is 2.19. The van der Waals surface area contributed by atoms with Gasteiger partial charge in [0.1, 0.15) is 0 Å². The van der Waals surface area contributed by atoms with Crippen molar-refractivity contribution in [3.05, 3.63) is 0 Å². The number of hydrogen-bond acceptors (Lipinski definition) is 0. The highest BCUT2D eigenvalue weighted by Gasteiger charge is 1.85. The number of quaternary nitrogens is 2. The van der Waals surface area contributed by atoms with Gasteiger partial charge in [-0.1, -0.05) is 0 Å². The van der Waals surface area contributed by atoms with Crippen molar-refractivity contribution in [2.24, 2.45) is 0 Å². The average molecular weight is 247 g/mol. The quantitative estimate of drug-likeness (QED) is 0.489. The van der Waals surface area contributed by atoms with Crippen LogP contribution in [0.5, 0.6) is 0 Å². The Kier molecular flexibility index (Phi) is 32.8. The predicted octanol–water partition coefficient (Wildman–Crippen LogP) is -6.91. The topological polar surface area (TPSA) is 8.88 Å². The first kappa shape index (κ1) is 24.0. The summed E-state index contributed by atoms with van der Waals surface area (Å²) in [6, 6.07) is 0. The van der Waals surface area contributed by atoms with Crippen molar-refractivity contribution in [2.75, 3.05) is 40.3 Å². The van der Waals surface area contributed by atoms with Crippen molar-refractivity contribution in [3.63, 3.8) is 0 Å². The SMILES string of the molecule is CC[NH+](C)CC.CC[NH+](C)CC.[Cl-].[Cl-]. The molecule has 4 heteroatoms. The summed E-state index contributed by atoms with van der Waals surface area (Å²) < 4.78 is 0. The molecule has 0 saturated heterocycles. The number of nitrogens with one attached hydrogen (secondary N) is 2. The molecule has 0 aromatic carbocycles. The Labute approximate surface area is 103 Å². The van der Waals surface area contributed by atoms with E-state index >= 15 is 0 Å². The van der Waals surface area contributed by atoms with E-state index in [0.29, 0.717) is 0 Å². The van der Waals surface area contributed by atoms with Gasteiger partial charge in [0.2, 0.25) is 0 Å². The van der Waals surface area contributed by atoms with Gasteiger partial charge >= 0.3 is 0 Å². The van der Waals surface area contributed by atoms with Crippen LogP contribution in [0.3, 0.4) is 0 Å². The first-order valence-corrected chi connectivity index (χ1v) is 5.24. The second kappa shape index (κ2) is 19.1. The van der Waals surface area contributed by atoms with E-state index in [9.17, 15) is 0 Å². The molecule has 2 nitrogen and oxygen atoms in total. The minimum absolute atomic E-state index is 0. The van der Waals surface area contributed by atoms with Gasteiger partial charge in [0.15, 0.2) is 0 Å². The molecule has 0 fully saturated rings. The summed E-state index contributed by atoms with van der Waals surface area (Å²) in [7, 11) is 4.39. The zero-order chi connectivity index (χ0) is 9.98. The van der Waals surface area contributed by atoms with Crippen LogP contribution in [0.25, 0.3) is 0 Å². The molecule has 0 saturated carbocycles. The molecule has 0 aliphatic heterocycles. The highest BCUT2D eigenvalue weighted by atomic mass is 35.5. The molecule has 0 rings (SSSR count). The number of halogens is 2. The maximum Gasteiger partial charge on any atom is 0.0740 e. The monoisotopic (exact) mass is 246 g/mol. The minimum Gasteiger partial charge on any atom is -1.00 e. The molecule has 0 bridgehead atoms. The molecule has 0 aromatic rings. The fraction of sp³-hybridized carbons (Fsp3) is 1.00. The third-order valence-corrected chi connectivity index (χ3v) is 2.41. The van der Waals surface area contributed by atoms with Crippen LogP contribution < -0.4 is 34.6 Å². The van der Waals surface area contributed by atoms with Crippen LogP contribution in [0.2, 0.25) is 0 Å². The standard InChI is InChI=1S/2C5H13N.2ClH/c2*1-4-6(3)5-2;;/h2*4-5H2,1-3H3;2*1H. The third-order valence-electron chi connectivity index (χ3n) is 2.41. The smallest absolute Gasteiger partial charge is 0.0740 e. The molecular weight excluding hydrogens is 219 g/mol. The molecule has 0 aliphatic rings. The fourth-order valence-corrected chi connectivity index (χ4v) is 0.500. The van der Waals surface area contributed by atoms with Gasteiger partial charge < -0.3 is 34.6 Å². The predicted molar refractivity (Wildman–Crippen MR) is 55.9 cm³/mol. The zero-order valence-electron chi connectivity index (χ0n) is 10.6. The second-order valence-corrected chi connectivity index (χ2v) is 3.33. The van der Waals surface area contributed by atoms with Gasteiger partial charge in [-0.15, -0.1) is 0 Å². The Morgan fingerprint density at radius 2 is 0.714 bits per heavy atom. The van der Waals surface area contributed by atoms with Crippen molar-refractivity contribution < 1.29 is 34.6 Å². The lowest BCUT2D eigenvalue weighted by Crippen LogP contribution is -3.08. The molecule has 0 aliphatic carbocycles. The van der Waals surface area contributed by atoms with Gasteiger partial charge in [-0.25, -0.2) is 0 Å². The van der Waals surface area contributed by atoms with Crippen molar-refractivity contribution in [1.82, 2.24) is 0 Å². The normalized spacial score (nSPS) is 8.57. The summed E-state index contributed by atoms with van der Waals surface area (Å²) in [5.74, 6) is 0. The van der Waals surface area contributed by atoms with E-state index < -0.39 is 0 Å². The summed E-state index contributed by atoms with van der Waals surface area (Å²) in [5.41, 5.74) is 0. The van der Waals surface area contributed by atoms with Gasteiger partial charge in [0, 0.05) is 0 Å². The molecule has 92 valence electrons. The Balaban J connectivity index is -0.0000000625. The van der Waals surface area contributed by atoms with Crippen molar-refractivity contribution in [2.45, 2.75) is 27.7 Å². The maximum absolute atomic E-state index is 2.19. The Morgan fingerprint density at radius 1 is 0.571 bits per heavy atom. The third kappa shape index (κ3) is 22.9. The molecule has 0 atom stereocenters. The summed E-state index contributed by atoms with van der Waals surface area (Å²) in [5, 5.41) is 0. The van der Waals surface area contributed by atoms with Crippen molar-refractivity contribution in [1.29, 1.82) is 0 Å². The first-order chi connectivity index (χ1) is 5.62. The molecular formula is C10H28Cl2N2. The van der Waals surface area contributed by atoms with Crippen LogP contribution in [0.15, 0.2) is 0 Å². The summed E-state index contributed by atoms with van der Waals surface area (Å²) >= 11 is 0. The van der Waals surface area contributed by atoms with Crippen molar-refractivity contribution >= 4 is 0 Å². The largest absolute Gasteiger partial charge is 1.00 e. The molecule has 0 amide bonds. The number of rotatable bonds is 4. The van der Waals surface area contributed by atoms with Gasteiger partial charge in [0.05, 0.1) is 40.3 Å². The minimum atomic E-state index is 0. The highest BCUT2D eigenvalue weighted by Crippen LogP contribution is 1.37. The average Bonchev–Trinajstić information content (AvgIpc) is 2.16. The van der Waals surface area contributed by atoms with E-state index in [1.165, 1.54) is 26.2 Å². The summed E-state index contributed by atoms with van der Waals surface area (Å²) in [6.45, 7) is 13.8. The molecule has 0 aromatic heterocycles. The van der Waals surface area contributed by atoms with E-state index in [1.54, 1.807) is 9.80 Å². The Hall–Kier alpha value is 0.500. The molecule has 0 radical (unpaired) electrons. The fourth-order valence-electron chi connectivity index (χ4n) is 0.500. The van der Waals surface area contributed by atoms with E-state index in [2.05, 4.69) is 41.8 Å². The molecule has 0 heterocycles. The lowest BCUT2D eigenvalue weighted by Gasteiger charge is -2.04. The van der Waals surface area contributed by atoms with Gasteiger partial charge in [0.25, 0.3) is 0 Å². The van der Waals surface area contributed by atoms with Gasteiger partial charge in [-0.2, -0.15) is 0 Å². The molecule has 2 N–H and O–H groups in total. The highest BCUT2D eigenvalue weighted by molar-refractivity contribution is 4.04. The van der Waals surface area contributed by atoms with Crippen LogP contribution in [0.4, 0.5) is 0 Å². The van der Waals surface area contributed by atoms with Crippen molar-refractivity contribution in [3.8, 4) is 0 Å². The van der Waals surface area contributed by atoms with E-state index in [1.807, 2.05) is 0 Å². The molecule has 0 unspecified atom stereocenters. The number of hydrogen-bond donors (Lipinski definition) is 2. The van der Waals surface area contributed by atoms with Crippen LogP contribution in [0, 0.1) is 0 Å². The van der Waals surface area contributed by atoms with Crippen LogP contribution in [-0.4, -0.2) is 40.3 Å². The summed E-state index contributed by atoms with van der Waals surface area (Å²) in [6.07, 6.45) is 0. The summed E-state index contributed by atoms with van der Waals surface area (Å²) in [4.78, 5) is 3.19. The van der Waals surface area contributed by atoms with Crippen LogP contribution >= 0.6 is 0 Å². The Morgan fingerprint density at radius 3 is 0.714 bits per heavy atom. The lowest BCUT2D eigenvalue weighted by molar-refractivity contribution is -0.875. The van der Waals surface area contributed by atoms with Crippen LogP contribution in [0.1, 0.15) is 27.7 Å². The van der Waals surface area contributed by atoms with E-state index in [4.69, 9.17) is 0 Å². The van der Waals surface area contributed by atoms with Gasteiger partial charge in [-0.3, -0.25) is 0 Å².